The van der Waals surface area contributed by atoms with E-state index >= 15 is 0 Å². The van der Waals surface area contributed by atoms with Crippen LogP contribution in [-0.4, -0.2) is 34.1 Å². The molecule has 4 rings (SSSR count). The van der Waals surface area contributed by atoms with Gasteiger partial charge in [0.05, 0.1) is 17.7 Å². The van der Waals surface area contributed by atoms with Gasteiger partial charge in [-0.2, -0.15) is 0 Å². The Balaban J connectivity index is 1.63. The van der Waals surface area contributed by atoms with Crippen LogP contribution in [0.1, 0.15) is 55.5 Å². The van der Waals surface area contributed by atoms with E-state index in [1.165, 1.54) is 0 Å². The summed E-state index contributed by atoms with van der Waals surface area (Å²) in [4.78, 5) is 16.5. The first-order valence-corrected chi connectivity index (χ1v) is 11.7. The summed E-state index contributed by atoms with van der Waals surface area (Å²) in [7, 11) is 0. The van der Waals surface area contributed by atoms with Crippen molar-refractivity contribution in [2.24, 2.45) is 5.92 Å². The molecule has 1 saturated heterocycles. The Kier molecular flexibility index (Phi) is 6.30. The third kappa shape index (κ3) is 4.53. The molecule has 0 radical (unpaired) electrons. The number of aliphatic hydroxyl groups is 1. The summed E-state index contributed by atoms with van der Waals surface area (Å²) < 4.78 is 0. The SMILES string of the molecule is CC1(O)CCN(Cc2ccccc2Cl)C(c2cccs2)C1NC(=O)C1CCCC1. The molecule has 1 aliphatic heterocycles. The van der Waals surface area contributed by atoms with Gasteiger partial charge in [-0.3, -0.25) is 9.69 Å². The van der Waals surface area contributed by atoms with E-state index in [-0.39, 0.29) is 23.9 Å². The van der Waals surface area contributed by atoms with Crippen LogP contribution in [0, 0.1) is 5.92 Å². The Morgan fingerprint density at radius 2 is 2.03 bits per heavy atom. The summed E-state index contributed by atoms with van der Waals surface area (Å²) in [5.74, 6) is 0.169. The lowest BCUT2D eigenvalue weighted by Crippen LogP contribution is -2.62. The maximum Gasteiger partial charge on any atom is 0.223 e. The molecule has 29 heavy (non-hydrogen) atoms. The van der Waals surface area contributed by atoms with Crippen LogP contribution in [0.5, 0.6) is 0 Å². The van der Waals surface area contributed by atoms with E-state index in [2.05, 4.69) is 21.7 Å². The lowest BCUT2D eigenvalue weighted by molar-refractivity contribution is -0.132. The van der Waals surface area contributed by atoms with Crippen LogP contribution in [0.25, 0.3) is 0 Å². The molecule has 1 amide bonds. The predicted molar refractivity (Wildman–Crippen MR) is 118 cm³/mol. The Labute approximate surface area is 181 Å². The smallest absolute Gasteiger partial charge is 0.223 e. The highest BCUT2D eigenvalue weighted by molar-refractivity contribution is 7.10. The van der Waals surface area contributed by atoms with Gasteiger partial charge in [0.15, 0.2) is 0 Å². The number of hydrogen-bond acceptors (Lipinski definition) is 4. The average molecular weight is 433 g/mol. The van der Waals surface area contributed by atoms with Crippen LogP contribution in [0.15, 0.2) is 41.8 Å². The van der Waals surface area contributed by atoms with Gasteiger partial charge in [-0.15, -0.1) is 11.3 Å². The fourth-order valence-corrected chi connectivity index (χ4v) is 5.83. The maximum absolute atomic E-state index is 13.0. The van der Waals surface area contributed by atoms with E-state index in [9.17, 15) is 9.90 Å². The highest BCUT2D eigenvalue weighted by atomic mass is 35.5. The number of carbonyl (C=O) groups excluding carboxylic acids is 1. The third-order valence-electron chi connectivity index (χ3n) is 6.47. The van der Waals surface area contributed by atoms with E-state index in [4.69, 9.17) is 11.6 Å². The second-order valence-electron chi connectivity index (χ2n) is 8.60. The molecule has 2 N–H and O–H groups in total. The highest BCUT2D eigenvalue weighted by Gasteiger charge is 2.47. The molecular formula is C23H29ClN2O2S. The van der Waals surface area contributed by atoms with Crippen LogP contribution in [0.3, 0.4) is 0 Å². The number of rotatable bonds is 5. The molecule has 1 saturated carbocycles. The minimum atomic E-state index is -0.958. The minimum absolute atomic E-state index is 0.0775. The first-order valence-electron chi connectivity index (χ1n) is 10.5. The Bertz CT molecular complexity index is 833. The van der Waals surface area contributed by atoms with Crippen LogP contribution >= 0.6 is 22.9 Å². The average Bonchev–Trinajstić information content (AvgIpc) is 3.40. The first kappa shape index (κ1) is 20.9. The minimum Gasteiger partial charge on any atom is -0.388 e. The summed E-state index contributed by atoms with van der Waals surface area (Å²) in [5, 5.41) is 17.3. The van der Waals surface area contributed by atoms with Crippen LogP contribution in [0.4, 0.5) is 0 Å². The lowest BCUT2D eigenvalue weighted by atomic mass is 9.81. The van der Waals surface area contributed by atoms with Gasteiger partial charge in [0.2, 0.25) is 5.91 Å². The molecule has 4 nitrogen and oxygen atoms in total. The van der Waals surface area contributed by atoms with Gasteiger partial charge in [-0.25, -0.2) is 0 Å². The third-order valence-corrected chi connectivity index (χ3v) is 7.79. The lowest BCUT2D eigenvalue weighted by Gasteiger charge is -2.49. The van der Waals surface area contributed by atoms with Crippen molar-refractivity contribution in [1.82, 2.24) is 10.2 Å². The molecule has 156 valence electrons. The quantitative estimate of drug-likeness (QED) is 0.715. The first-order chi connectivity index (χ1) is 14.0. The normalized spacial score (nSPS) is 28.5. The molecule has 2 heterocycles. The molecule has 3 atom stereocenters. The van der Waals surface area contributed by atoms with Gasteiger partial charge in [0.25, 0.3) is 0 Å². The number of hydrogen-bond donors (Lipinski definition) is 2. The van der Waals surface area contributed by atoms with Gasteiger partial charge in [-0.1, -0.05) is 48.7 Å². The molecule has 1 aromatic heterocycles. The van der Waals surface area contributed by atoms with Gasteiger partial charge >= 0.3 is 0 Å². The van der Waals surface area contributed by atoms with E-state index in [1.54, 1.807) is 11.3 Å². The number of carbonyl (C=O) groups is 1. The zero-order valence-electron chi connectivity index (χ0n) is 16.8. The van der Waals surface area contributed by atoms with Crippen LogP contribution < -0.4 is 5.32 Å². The standard InChI is InChI=1S/C23H29ClN2O2S/c1-23(28)12-13-26(15-17-9-4-5-10-18(17)24)20(19-11-6-14-29-19)21(23)25-22(27)16-7-2-3-8-16/h4-6,9-11,14,16,20-21,28H,2-3,7-8,12-13,15H2,1H3,(H,25,27). The van der Waals surface area contributed by atoms with Crippen molar-refractivity contribution in [3.63, 3.8) is 0 Å². The van der Waals surface area contributed by atoms with E-state index in [0.717, 1.165) is 47.7 Å². The summed E-state index contributed by atoms with van der Waals surface area (Å²) in [6, 6.07) is 11.6. The fraction of sp³-hybridized carbons (Fsp3) is 0.522. The summed E-state index contributed by atoms with van der Waals surface area (Å²) >= 11 is 8.11. The predicted octanol–water partition coefficient (Wildman–Crippen LogP) is 4.77. The number of likely N-dealkylation sites (tertiary alicyclic amines) is 1. The zero-order chi connectivity index (χ0) is 20.4. The Morgan fingerprint density at radius 1 is 1.28 bits per heavy atom. The molecule has 6 heteroatoms. The number of amides is 1. The molecule has 1 aromatic carbocycles. The summed E-state index contributed by atoms with van der Waals surface area (Å²) in [6.45, 7) is 3.30. The zero-order valence-corrected chi connectivity index (χ0v) is 18.4. The number of halogens is 1. The van der Waals surface area contributed by atoms with Crippen molar-refractivity contribution < 1.29 is 9.90 Å². The van der Waals surface area contributed by atoms with Crippen molar-refractivity contribution >= 4 is 28.8 Å². The molecule has 2 aromatic rings. The second-order valence-corrected chi connectivity index (χ2v) is 9.98. The van der Waals surface area contributed by atoms with Crippen molar-refractivity contribution in [2.75, 3.05) is 6.54 Å². The van der Waals surface area contributed by atoms with Gasteiger partial charge < -0.3 is 10.4 Å². The number of nitrogens with one attached hydrogen (secondary N) is 1. The van der Waals surface area contributed by atoms with Crippen molar-refractivity contribution in [3.05, 3.63) is 57.2 Å². The Morgan fingerprint density at radius 3 is 2.72 bits per heavy atom. The molecule has 3 unspecified atom stereocenters. The summed E-state index contributed by atoms with van der Waals surface area (Å²) in [5.41, 5.74) is 0.109. The number of benzene rings is 1. The van der Waals surface area contributed by atoms with Gasteiger partial charge in [-0.05, 0) is 49.3 Å². The molecule has 1 aliphatic carbocycles. The number of piperidine rings is 1. The largest absolute Gasteiger partial charge is 0.388 e. The molecule has 0 spiro atoms. The maximum atomic E-state index is 13.0. The van der Waals surface area contributed by atoms with Gasteiger partial charge in [0, 0.05) is 28.9 Å². The van der Waals surface area contributed by atoms with Crippen LogP contribution in [0.2, 0.25) is 5.02 Å². The van der Waals surface area contributed by atoms with E-state index < -0.39 is 5.60 Å². The molecule has 2 fully saturated rings. The van der Waals surface area contributed by atoms with Crippen LogP contribution in [-0.2, 0) is 11.3 Å². The highest BCUT2D eigenvalue weighted by Crippen LogP contribution is 2.40. The molecular weight excluding hydrogens is 404 g/mol. The van der Waals surface area contributed by atoms with Gasteiger partial charge in [0.1, 0.15) is 0 Å². The van der Waals surface area contributed by atoms with E-state index in [0.29, 0.717) is 13.0 Å². The molecule has 0 bridgehead atoms. The fourth-order valence-electron chi connectivity index (χ4n) is 4.74. The second kappa shape index (κ2) is 8.76. The van der Waals surface area contributed by atoms with Crippen molar-refractivity contribution in [1.29, 1.82) is 0 Å². The van der Waals surface area contributed by atoms with Crippen molar-refractivity contribution in [2.45, 2.75) is 63.3 Å². The number of thiophene rings is 1. The van der Waals surface area contributed by atoms with E-state index in [1.807, 2.05) is 37.3 Å². The topological polar surface area (TPSA) is 52.6 Å². The van der Waals surface area contributed by atoms with Crippen molar-refractivity contribution in [3.8, 4) is 0 Å². The summed E-state index contributed by atoms with van der Waals surface area (Å²) in [6.07, 6.45) is 4.74. The Hall–Kier alpha value is -1.40. The number of nitrogens with zero attached hydrogens (tertiary/aromatic N) is 1. The molecule has 2 aliphatic rings. The monoisotopic (exact) mass is 432 g/mol.